The van der Waals surface area contributed by atoms with Crippen molar-refractivity contribution in [2.24, 2.45) is 0 Å². The predicted molar refractivity (Wildman–Crippen MR) is 99.2 cm³/mol. The zero-order chi connectivity index (χ0) is 18.4. The third-order valence-electron chi connectivity index (χ3n) is 3.38. The summed E-state index contributed by atoms with van der Waals surface area (Å²) >= 11 is 7.13. The number of nitrogens with one attached hydrogen (secondary N) is 1. The third-order valence-corrected chi connectivity index (χ3v) is 4.60. The predicted octanol–water partition coefficient (Wildman–Crippen LogP) is 4.56. The minimum Gasteiger partial charge on any atom is -0.496 e. The maximum absolute atomic E-state index is 13.6. The first-order valence-corrected chi connectivity index (χ1v) is 8.94. The van der Waals surface area contributed by atoms with Gasteiger partial charge in [-0.05, 0) is 43.3 Å². The summed E-state index contributed by atoms with van der Waals surface area (Å²) in [7, 11) is 1.55. The highest BCUT2D eigenvalue weighted by molar-refractivity contribution is 7.99. The van der Waals surface area contributed by atoms with Gasteiger partial charge in [0, 0.05) is 21.9 Å². The van der Waals surface area contributed by atoms with Crippen LogP contribution in [0, 0.1) is 5.82 Å². The van der Waals surface area contributed by atoms with Crippen molar-refractivity contribution < 1.29 is 18.7 Å². The van der Waals surface area contributed by atoms with Gasteiger partial charge in [0.15, 0.2) is 5.78 Å². The number of methoxy groups -OCH3 is 1. The summed E-state index contributed by atoms with van der Waals surface area (Å²) in [6.45, 7) is 1.49. The Morgan fingerprint density at radius 3 is 2.68 bits per heavy atom. The second kappa shape index (κ2) is 8.87. The van der Waals surface area contributed by atoms with Gasteiger partial charge in [-0.2, -0.15) is 0 Å². The first-order chi connectivity index (χ1) is 11.9. The molecule has 0 saturated heterocycles. The lowest BCUT2D eigenvalue weighted by molar-refractivity contribution is -0.113. The molecule has 132 valence electrons. The number of amides is 1. The smallest absolute Gasteiger partial charge is 0.234 e. The summed E-state index contributed by atoms with van der Waals surface area (Å²) in [6, 6.07) is 9.15. The van der Waals surface area contributed by atoms with E-state index < -0.39 is 5.82 Å². The molecule has 0 saturated carbocycles. The quantitative estimate of drug-likeness (QED) is 0.714. The Morgan fingerprint density at radius 1 is 1.24 bits per heavy atom. The number of benzene rings is 2. The van der Waals surface area contributed by atoms with Crippen LogP contribution >= 0.6 is 23.4 Å². The SMILES string of the molecule is COc1ccc(C(C)=O)cc1CSCC(=O)Nc1cc(Cl)ccc1F. The average Bonchev–Trinajstić information content (AvgIpc) is 2.58. The highest BCUT2D eigenvalue weighted by Gasteiger charge is 2.11. The van der Waals surface area contributed by atoms with Gasteiger partial charge in [0.2, 0.25) is 5.91 Å². The normalized spacial score (nSPS) is 10.4. The van der Waals surface area contributed by atoms with Crippen molar-refractivity contribution in [1.82, 2.24) is 0 Å². The molecular formula is C18H17ClFNO3S. The first-order valence-electron chi connectivity index (χ1n) is 7.41. The molecule has 1 N–H and O–H groups in total. The van der Waals surface area contributed by atoms with Crippen LogP contribution in [0.2, 0.25) is 5.02 Å². The van der Waals surface area contributed by atoms with Crippen LogP contribution in [0.25, 0.3) is 0 Å². The van der Waals surface area contributed by atoms with Crippen LogP contribution in [0.1, 0.15) is 22.8 Å². The molecule has 0 aliphatic rings. The molecule has 2 rings (SSSR count). The molecule has 0 spiro atoms. The van der Waals surface area contributed by atoms with E-state index in [2.05, 4.69) is 5.32 Å². The van der Waals surface area contributed by atoms with E-state index in [1.807, 2.05) is 0 Å². The van der Waals surface area contributed by atoms with Crippen LogP contribution in [0.4, 0.5) is 10.1 Å². The van der Waals surface area contributed by atoms with E-state index >= 15 is 0 Å². The molecular weight excluding hydrogens is 365 g/mol. The van der Waals surface area contributed by atoms with E-state index in [1.165, 1.54) is 36.9 Å². The Labute approximate surface area is 154 Å². The highest BCUT2D eigenvalue weighted by atomic mass is 35.5. The Bertz CT molecular complexity index is 798. The molecule has 2 aromatic rings. The number of hydrogen-bond donors (Lipinski definition) is 1. The molecule has 0 radical (unpaired) electrons. The molecule has 25 heavy (non-hydrogen) atoms. The molecule has 0 bridgehead atoms. The van der Waals surface area contributed by atoms with Gasteiger partial charge in [-0.15, -0.1) is 11.8 Å². The molecule has 0 atom stereocenters. The number of Topliss-reactive ketones (excluding diaryl/α,β-unsaturated/α-hetero) is 1. The minimum atomic E-state index is -0.543. The standard InChI is InChI=1S/C18H17ClFNO3S/c1-11(22)12-3-6-17(24-2)13(7-12)9-25-10-18(23)21-16-8-14(19)4-5-15(16)20/h3-8H,9-10H2,1-2H3,(H,21,23). The third kappa shape index (κ3) is 5.47. The van der Waals surface area contributed by atoms with Gasteiger partial charge in [0.1, 0.15) is 11.6 Å². The number of carbonyl (C=O) groups is 2. The van der Waals surface area contributed by atoms with Gasteiger partial charge in [0.05, 0.1) is 18.6 Å². The maximum Gasteiger partial charge on any atom is 0.234 e. The molecule has 4 nitrogen and oxygen atoms in total. The summed E-state index contributed by atoms with van der Waals surface area (Å²) in [4.78, 5) is 23.5. The molecule has 0 aliphatic carbocycles. The number of hydrogen-bond acceptors (Lipinski definition) is 4. The lowest BCUT2D eigenvalue weighted by Crippen LogP contribution is -2.15. The number of anilines is 1. The Balaban J connectivity index is 1.96. The van der Waals surface area contributed by atoms with Crippen LogP contribution < -0.4 is 10.1 Å². The zero-order valence-electron chi connectivity index (χ0n) is 13.8. The van der Waals surface area contributed by atoms with Crippen molar-refractivity contribution in [3.05, 3.63) is 58.4 Å². The van der Waals surface area contributed by atoms with E-state index in [0.29, 0.717) is 22.1 Å². The largest absolute Gasteiger partial charge is 0.496 e. The van der Waals surface area contributed by atoms with Crippen molar-refractivity contribution in [3.63, 3.8) is 0 Å². The maximum atomic E-state index is 13.6. The molecule has 1 amide bonds. The first kappa shape index (κ1) is 19.3. The van der Waals surface area contributed by atoms with Crippen LogP contribution in [-0.4, -0.2) is 24.6 Å². The molecule has 0 aliphatic heterocycles. The van der Waals surface area contributed by atoms with E-state index in [9.17, 15) is 14.0 Å². The second-order valence-corrected chi connectivity index (χ2v) is 6.67. The molecule has 0 unspecified atom stereocenters. The van der Waals surface area contributed by atoms with Gasteiger partial charge in [-0.1, -0.05) is 11.6 Å². The molecule has 7 heteroatoms. The molecule has 0 heterocycles. The number of halogens is 2. The average molecular weight is 382 g/mol. The van der Waals surface area contributed by atoms with Crippen LogP contribution in [0.5, 0.6) is 5.75 Å². The summed E-state index contributed by atoms with van der Waals surface area (Å²) in [6.07, 6.45) is 0. The Hall–Kier alpha value is -2.05. The van der Waals surface area contributed by atoms with Crippen molar-refractivity contribution >= 4 is 40.7 Å². The van der Waals surface area contributed by atoms with Crippen molar-refractivity contribution in [1.29, 1.82) is 0 Å². The van der Waals surface area contributed by atoms with Gasteiger partial charge < -0.3 is 10.1 Å². The fraction of sp³-hybridized carbons (Fsp3) is 0.222. The molecule has 0 fully saturated rings. The van der Waals surface area contributed by atoms with Crippen molar-refractivity contribution in [2.75, 3.05) is 18.2 Å². The van der Waals surface area contributed by atoms with E-state index in [4.69, 9.17) is 16.3 Å². The monoisotopic (exact) mass is 381 g/mol. The van der Waals surface area contributed by atoms with Gasteiger partial charge in [-0.25, -0.2) is 4.39 Å². The summed E-state index contributed by atoms with van der Waals surface area (Å²) in [5.74, 6) is 0.336. The number of ether oxygens (including phenoxy) is 1. The number of rotatable bonds is 7. The van der Waals surface area contributed by atoms with Crippen LogP contribution in [-0.2, 0) is 10.5 Å². The lowest BCUT2D eigenvalue weighted by Gasteiger charge is -2.10. The van der Waals surface area contributed by atoms with Crippen LogP contribution in [0.3, 0.4) is 0 Å². The van der Waals surface area contributed by atoms with Gasteiger partial charge in [-0.3, -0.25) is 9.59 Å². The van der Waals surface area contributed by atoms with Crippen LogP contribution in [0.15, 0.2) is 36.4 Å². The lowest BCUT2D eigenvalue weighted by atomic mass is 10.1. The summed E-state index contributed by atoms with van der Waals surface area (Å²) in [5.41, 5.74) is 1.46. The number of thioether (sulfide) groups is 1. The van der Waals surface area contributed by atoms with E-state index in [0.717, 1.165) is 5.56 Å². The molecule has 2 aromatic carbocycles. The van der Waals surface area contributed by atoms with Gasteiger partial charge in [0.25, 0.3) is 0 Å². The minimum absolute atomic E-state index is 0.0388. The number of ketones is 1. The zero-order valence-corrected chi connectivity index (χ0v) is 15.3. The summed E-state index contributed by atoms with van der Waals surface area (Å²) < 4.78 is 18.9. The van der Waals surface area contributed by atoms with Crippen molar-refractivity contribution in [2.45, 2.75) is 12.7 Å². The second-order valence-electron chi connectivity index (χ2n) is 5.25. The fourth-order valence-corrected chi connectivity index (χ4v) is 3.12. The Morgan fingerprint density at radius 2 is 2.00 bits per heavy atom. The highest BCUT2D eigenvalue weighted by Crippen LogP contribution is 2.25. The van der Waals surface area contributed by atoms with Gasteiger partial charge >= 0.3 is 0 Å². The number of carbonyl (C=O) groups excluding carboxylic acids is 2. The molecule has 0 aromatic heterocycles. The fourth-order valence-electron chi connectivity index (χ4n) is 2.14. The Kier molecular flexibility index (Phi) is 6.84. The van der Waals surface area contributed by atoms with E-state index in [1.54, 1.807) is 25.3 Å². The summed E-state index contributed by atoms with van der Waals surface area (Å²) in [5, 5.41) is 2.83. The van der Waals surface area contributed by atoms with E-state index in [-0.39, 0.29) is 23.1 Å². The van der Waals surface area contributed by atoms with Crippen molar-refractivity contribution in [3.8, 4) is 5.75 Å². The topological polar surface area (TPSA) is 55.4 Å².